The van der Waals surface area contributed by atoms with Gasteiger partial charge in [0.25, 0.3) is 0 Å². The van der Waals surface area contributed by atoms with E-state index in [2.05, 4.69) is 19.8 Å². The van der Waals surface area contributed by atoms with Crippen LogP contribution in [0, 0.1) is 12.7 Å². The molecule has 1 saturated heterocycles. The molecule has 1 aliphatic heterocycles. The van der Waals surface area contributed by atoms with Gasteiger partial charge in [0.15, 0.2) is 0 Å². The van der Waals surface area contributed by atoms with Gasteiger partial charge < -0.3 is 14.5 Å². The molecule has 2 aromatic carbocycles. The molecule has 0 spiro atoms. The molecule has 1 aliphatic rings. The summed E-state index contributed by atoms with van der Waals surface area (Å²) >= 11 is 6.06. The summed E-state index contributed by atoms with van der Waals surface area (Å²) in [6, 6.07) is 14.2. The highest BCUT2D eigenvalue weighted by atomic mass is 35.5. The van der Waals surface area contributed by atoms with Crippen molar-refractivity contribution in [1.29, 1.82) is 0 Å². The minimum atomic E-state index is -0.188. The van der Waals surface area contributed by atoms with E-state index in [0.717, 1.165) is 37.6 Å². The summed E-state index contributed by atoms with van der Waals surface area (Å²) in [5.41, 5.74) is 1.59. The summed E-state index contributed by atoms with van der Waals surface area (Å²) in [6.45, 7) is 4.85. The van der Waals surface area contributed by atoms with Crippen LogP contribution in [0.5, 0.6) is 11.6 Å². The molecule has 144 valence electrons. The summed E-state index contributed by atoms with van der Waals surface area (Å²) in [6.07, 6.45) is 1.50. The van der Waals surface area contributed by atoms with Crippen LogP contribution in [0.3, 0.4) is 0 Å². The number of hydrogen-bond donors (Lipinski definition) is 0. The first-order chi connectivity index (χ1) is 13.6. The van der Waals surface area contributed by atoms with Crippen LogP contribution < -0.4 is 14.5 Å². The highest BCUT2D eigenvalue weighted by Crippen LogP contribution is 2.27. The smallest absolute Gasteiger partial charge is 0.224 e. The third-order valence-electron chi connectivity index (χ3n) is 4.78. The quantitative estimate of drug-likeness (QED) is 0.637. The van der Waals surface area contributed by atoms with Crippen LogP contribution in [0.1, 0.15) is 5.56 Å². The normalized spacial score (nSPS) is 14.2. The second-order valence-corrected chi connectivity index (χ2v) is 7.06. The van der Waals surface area contributed by atoms with Crippen molar-refractivity contribution in [3.05, 3.63) is 71.3 Å². The average molecular weight is 399 g/mol. The first-order valence-corrected chi connectivity index (χ1v) is 9.48. The lowest BCUT2D eigenvalue weighted by Crippen LogP contribution is -2.47. The number of hydrogen-bond acceptors (Lipinski definition) is 5. The molecular weight excluding hydrogens is 379 g/mol. The zero-order valence-electron chi connectivity index (χ0n) is 15.5. The minimum Gasteiger partial charge on any atom is -0.439 e. The molecule has 0 amide bonds. The number of ether oxygens (including phenoxy) is 1. The SMILES string of the molecule is Cc1cc(Oc2cc(N3CCN(c4ccccc4F)CC3)ncn2)ccc1Cl. The van der Waals surface area contributed by atoms with Gasteiger partial charge in [-0.25, -0.2) is 14.4 Å². The Bertz CT molecular complexity index is 976. The van der Waals surface area contributed by atoms with Crippen molar-refractivity contribution in [1.82, 2.24) is 9.97 Å². The maximum absolute atomic E-state index is 14.0. The molecule has 3 aromatic rings. The fourth-order valence-electron chi connectivity index (χ4n) is 3.24. The lowest BCUT2D eigenvalue weighted by Gasteiger charge is -2.36. The van der Waals surface area contributed by atoms with Gasteiger partial charge in [-0.15, -0.1) is 0 Å². The van der Waals surface area contributed by atoms with E-state index in [1.165, 1.54) is 12.4 Å². The Kier molecular flexibility index (Phi) is 5.30. The molecule has 0 atom stereocenters. The molecule has 0 N–H and O–H groups in total. The predicted molar refractivity (Wildman–Crippen MR) is 109 cm³/mol. The van der Waals surface area contributed by atoms with E-state index in [1.807, 2.05) is 37.3 Å². The monoisotopic (exact) mass is 398 g/mol. The highest BCUT2D eigenvalue weighted by Gasteiger charge is 2.20. The Morgan fingerprint density at radius 2 is 1.71 bits per heavy atom. The molecule has 0 unspecified atom stereocenters. The van der Waals surface area contributed by atoms with E-state index < -0.39 is 0 Å². The zero-order chi connectivity index (χ0) is 19.5. The van der Waals surface area contributed by atoms with Gasteiger partial charge in [-0.1, -0.05) is 23.7 Å². The van der Waals surface area contributed by atoms with E-state index in [9.17, 15) is 4.39 Å². The van der Waals surface area contributed by atoms with E-state index >= 15 is 0 Å². The Balaban J connectivity index is 1.44. The lowest BCUT2D eigenvalue weighted by molar-refractivity contribution is 0.460. The largest absolute Gasteiger partial charge is 0.439 e. The Morgan fingerprint density at radius 3 is 2.46 bits per heavy atom. The Morgan fingerprint density at radius 1 is 0.964 bits per heavy atom. The summed E-state index contributed by atoms with van der Waals surface area (Å²) in [5, 5.41) is 0.698. The zero-order valence-corrected chi connectivity index (χ0v) is 16.2. The van der Waals surface area contributed by atoms with Crippen molar-refractivity contribution in [2.45, 2.75) is 6.92 Å². The van der Waals surface area contributed by atoms with Gasteiger partial charge in [-0.3, -0.25) is 0 Å². The van der Waals surface area contributed by atoms with Gasteiger partial charge in [0.1, 0.15) is 23.7 Å². The van der Waals surface area contributed by atoms with E-state index in [-0.39, 0.29) is 5.82 Å². The van der Waals surface area contributed by atoms with Crippen LogP contribution in [0.15, 0.2) is 54.9 Å². The van der Waals surface area contributed by atoms with Gasteiger partial charge in [0.2, 0.25) is 5.88 Å². The maximum atomic E-state index is 14.0. The molecular formula is C21H20ClFN4O. The third-order valence-corrected chi connectivity index (χ3v) is 5.20. The van der Waals surface area contributed by atoms with Crippen LogP contribution in [-0.2, 0) is 0 Å². The van der Waals surface area contributed by atoms with Crippen LogP contribution in [0.2, 0.25) is 5.02 Å². The second-order valence-electron chi connectivity index (χ2n) is 6.65. The molecule has 5 nitrogen and oxygen atoms in total. The molecule has 7 heteroatoms. The summed E-state index contributed by atoms with van der Waals surface area (Å²) in [7, 11) is 0. The number of benzene rings is 2. The van der Waals surface area contributed by atoms with Gasteiger partial charge in [0.05, 0.1) is 5.69 Å². The number of aryl methyl sites for hydroxylation is 1. The molecule has 28 heavy (non-hydrogen) atoms. The number of para-hydroxylation sites is 1. The predicted octanol–water partition coefficient (Wildman–Crippen LogP) is 4.70. The highest BCUT2D eigenvalue weighted by molar-refractivity contribution is 6.31. The number of nitrogens with zero attached hydrogens (tertiary/aromatic N) is 4. The van der Waals surface area contributed by atoms with Crippen molar-refractivity contribution < 1.29 is 9.13 Å². The number of piperazine rings is 1. The molecule has 2 heterocycles. The van der Waals surface area contributed by atoms with Gasteiger partial charge in [-0.05, 0) is 42.8 Å². The fourth-order valence-corrected chi connectivity index (χ4v) is 3.36. The van der Waals surface area contributed by atoms with Crippen molar-refractivity contribution in [3.63, 3.8) is 0 Å². The molecule has 0 bridgehead atoms. The second kappa shape index (κ2) is 8.02. The van der Waals surface area contributed by atoms with Gasteiger partial charge in [0, 0.05) is 37.3 Å². The summed E-state index contributed by atoms with van der Waals surface area (Å²) in [4.78, 5) is 12.8. The van der Waals surface area contributed by atoms with Crippen molar-refractivity contribution in [2.24, 2.45) is 0 Å². The number of aromatic nitrogens is 2. The first-order valence-electron chi connectivity index (χ1n) is 9.10. The van der Waals surface area contributed by atoms with Crippen LogP contribution >= 0.6 is 11.6 Å². The van der Waals surface area contributed by atoms with Crippen molar-refractivity contribution in [3.8, 4) is 11.6 Å². The van der Waals surface area contributed by atoms with E-state index in [4.69, 9.17) is 16.3 Å². The first kappa shape index (κ1) is 18.5. The molecule has 0 aliphatic carbocycles. The minimum absolute atomic E-state index is 0.188. The van der Waals surface area contributed by atoms with Gasteiger partial charge >= 0.3 is 0 Å². The van der Waals surface area contributed by atoms with Gasteiger partial charge in [-0.2, -0.15) is 0 Å². The molecule has 0 radical (unpaired) electrons. The molecule has 1 aromatic heterocycles. The standard InChI is InChI=1S/C21H20ClFN4O/c1-15-12-16(6-7-17(15)22)28-21-13-20(24-14-25-21)27-10-8-26(9-11-27)19-5-3-2-4-18(19)23/h2-7,12-14H,8-11H2,1H3. The third kappa shape index (κ3) is 4.02. The molecule has 4 rings (SSSR count). The topological polar surface area (TPSA) is 41.5 Å². The average Bonchev–Trinajstić information content (AvgIpc) is 2.72. The fraction of sp³-hybridized carbons (Fsp3) is 0.238. The molecule has 0 saturated carbocycles. The van der Waals surface area contributed by atoms with Crippen LogP contribution in [-0.4, -0.2) is 36.1 Å². The Labute approximate surface area is 168 Å². The van der Waals surface area contributed by atoms with E-state index in [0.29, 0.717) is 22.3 Å². The Hall–Kier alpha value is -2.86. The van der Waals surface area contributed by atoms with Crippen LogP contribution in [0.4, 0.5) is 15.9 Å². The molecule has 1 fully saturated rings. The summed E-state index contributed by atoms with van der Waals surface area (Å²) in [5.74, 6) is 1.76. The number of anilines is 2. The summed E-state index contributed by atoms with van der Waals surface area (Å²) < 4.78 is 19.9. The van der Waals surface area contributed by atoms with Crippen molar-refractivity contribution >= 4 is 23.1 Å². The number of halogens is 2. The number of rotatable bonds is 4. The maximum Gasteiger partial charge on any atom is 0.224 e. The van der Waals surface area contributed by atoms with Crippen LogP contribution in [0.25, 0.3) is 0 Å². The lowest BCUT2D eigenvalue weighted by atomic mass is 10.2. The van der Waals surface area contributed by atoms with E-state index in [1.54, 1.807) is 12.1 Å². The van der Waals surface area contributed by atoms with Crippen molar-refractivity contribution in [2.75, 3.05) is 36.0 Å².